The van der Waals surface area contributed by atoms with Crippen molar-refractivity contribution in [3.63, 3.8) is 0 Å². The van der Waals surface area contributed by atoms with Gasteiger partial charge in [0, 0.05) is 50.9 Å². The Morgan fingerprint density at radius 1 is 1.00 bits per heavy atom. The van der Waals surface area contributed by atoms with Crippen LogP contribution in [0.1, 0.15) is 50.7 Å². The molecule has 9 heteroatoms. The highest BCUT2D eigenvalue weighted by Gasteiger charge is 2.17. The van der Waals surface area contributed by atoms with E-state index < -0.39 is 0 Å². The largest absolute Gasteiger partial charge is 0.382 e. The maximum atomic E-state index is 12.1. The summed E-state index contributed by atoms with van der Waals surface area (Å²) in [6, 6.07) is 5.56. The molecule has 172 valence electrons. The smallest absolute Gasteiger partial charge is 0.220 e. The molecule has 0 aliphatic rings. The number of imidazole rings is 1. The van der Waals surface area contributed by atoms with Crippen molar-refractivity contribution in [2.24, 2.45) is 0 Å². The van der Waals surface area contributed by atoms with Crippen LogP contribution in [0.5, 0.6) is 0 Å². The van der Waals surface area contributed by atoms with Crippen LogP contribution < -0.4 is 11.1 Å². The summed E-state index contributed by atoms with van der Waals surface area (Å²) in [5.41, 5.74) is 9.53. The van der Waals surface area contributed by atoms with Crippen LogP contribution in [0.2, 0.25) is 0 Å². The highest BCUT2D eigenvalue weighted by atomic mass is 16.1. The summed E-state index contributed by atoms with van der Waals surface area (Å²) in [6.07, 6.45) is 10.9. The Balaban J connectivity index is 1.39. The molecular weight excluding hydrogens is 416 g/mol. The van der Waals surface area contributed by atoms with Gasteiger partial charge in [-0.15, -0.1) is 0 Å². The molecule has 0 unspecified atom stereocenters. The summed E-state index contributed by atoms with van der Waals surface area (Å²) in [5, 5.41) is 3.00. The minimum Gasteiger partial charge on any atom is -0.382 e. The standard InChI is InChI=1S/C24H30N8O/c1-2-3-9-19-31-22-23(21-17(30-24(22)25)8-6-13-29-21)32(19)16-5-4-12-28-20(33)11-10-18-26-14-7-15-27-18/h6-8,13-15H,2-5,9-12,16H2,1H3,(H2,25,30)(H,28,33). The van der Waals surface area contributed by atoms with Crippen LogP contribution in [0.25, 0.3) is 22.1 Å². The first-order chi connectivity index (χ1) is 16.2. The molecule has 0 saturated carbocycles. The molecule has 0 atom stereocenters. The number of carbonyl (C=O) groups is 1. The van der Waals surface area contributed by atoms with Crippen molar-refractivity contribution in [1.82, 2.24) is 34.8 Å². The predicted octanol–water partition coefficient (Wildman–Crippen LogP) is 3.22. The number of rotatable bonds is 11. The molecule has 0 spiro atoms. The molecule has 0 aliphatic heterocycles. The van der Waals surface area contributed by atoms with Crippen LogP contribution in [0, 0.1) is 0 Å². The Morgan fingerprint density at radius 2 is 1.82 bits per heavy atom. The van der Waals surface area contributed by atoms with Gasteiger partial charge in [0.2, 0.25) is 5.91 Å². The van der Waals surface area contributed by atoms with Crippen LogP contribution in [0.4, 0.5) is 5.82 Å². The summed E-state index contributed by atoms with van der Waals surface area (Å²) in [7, 11) is 0. The lowest BCUT2D eigenvalue weighted by atomic mass is 10.2. The molecule has 0 fully saturated rings. The van der Waals surface area contributed by atoms with Crippen molar-refractivity contribution in [3.8, 4) is 0 Å². The highest BCUT2D eigenvalue weighted by molar-refractivity contribution is 6.04. The first-order valence-electron chi connectivity index (χ1n) is 11.6. The van der Waals surface area contributed by atoms with Gasteiger partial charge in [-0.05, 0) is 37.5 Å². The van der Waals surface area contributed by atoms with E-state index in [1.165, 1.54) is 0 Å². The first kappa shape index (κ1) is 22.6. The molecule has 0 aliphatic carbocycles. The number of hydrogen-bond acceptors (Lipinski definition) is 7. The van der Waals surface area contributed by atoms with Crippen molar-refractivity contribution in [3.05, 3.63) is 48.4 Å². The molecule has 1 amide bonds. The van der Waals surface area contributed by atoms with Gasteiger partial charge in [-0.3, -0.25) is 9.78 Å². The van der Waals surface area contributed by atoms with Gasteiger partial charge in [-0.2, -0.15) is 0 Å². The maximum absolute atomic E-state index is 12.1. The predicted molar refractivity (Wildman–Crippen MR) is 128 cm³/mol. The summed E-state index contributed by atoms with van der Waals surface area (Å²) in [5.74, 6) is 2.17. The lowest BCUT2D eigenvalue weighted by Crippen LogP contribution is -2.25. The van der Waals surface area contributed by atoms with Crippen LogP contribution in [0.3, 0.4) is 0 Å². The highest BCUT2D eigenvalue weighted by Crippen LogP contribution is 2.28. The number of aromatic nitrogens is 6. The zero-order chi connectivity index (χ0) is 23.0. The third kappa shape index (κ3) is 5.42. The topological polar surface area (TPSA) is 124 Å². The molecule has 0 saturated heterocycles. The van der Waals surface area contributed by atoms with Crippen LogP contribution >= 0.6 is 0 Å². The Kier molecular flexibility index (Phi) is 7.39. The van der Waals surface area contributed by atoms with Crippen molar-refractivity contribution in [1.29, 1.82) is 0 Å². The number of nitrogens with two attached hydrogens (primary N) is 1. The van der Waals surface area contributed by atoms with E-state index in [9.17, 15) is 4.79 Å². The molecule has 4 heterocycles. The number of pyridine rings is 2. The molecule has 0 aromatic carbocycles. The fourth-order valence-electron chi connectivity index (χ4n) is 3.93. The molecule has 3 N–H and O–H groups in total. The van der Waals surface area contributed by atoms with E-state index in [1.54, 1.807) is 24.7 Å². The monoisotopic (exact) mass is 446 g/mol. The quantitative estimate of drug-likeness (QED) is 0.339. The van der Waals surface area contributed by atoms with Gasteiger partial charge in [0.05, 0.1) is 5.52 Å². The minimum absolute atomic E-state index is 0.0215. The second kappa shape index (κ2) is 10.8. The number of fused-ring (bicyclic) bond motifs is 3. The second-order valence-corrected chi connectivity index (χ2v) is 8.07. The number of nitrogens with zero attached hydrogens (tertiary/aromatic N) is 6. The van der Waals surface area contributed by atoms with E-state index in [-0.39, 0.29) is 5.91 Å². The zero-order valence-corrected chi connectivity index (χ0v) is 19.0. The lowest BCUT2D eigenvalue weighted by molar-refractivity contribution is -0.121. The minimum atomic E-state index is 0.0215. The molecule has 4 rings (SSSR count). The van der Waals surface area contributed by atoms with Gasteiger partial charge in [0.15, 0.2) is 5.82 Å². The molecule has 0 radical (unpaired) electrons. The molecule has 0 bridgehead atoms. The second-order valence-electron chi connectivity index (χ2n) is 8.07. The number of aryl methyl sites for hydroxylation is 3. The molecule has 4 aromatic heterocycles. The van der Waals surface area contributed by atoms with Crippen LogP contribution in [0.15, 0.2) is 36.8 Å². The van der Waals surface area contributed by atoms with Gasteiger partial charge in [0.25, 0.3) is 0 Å². The maximum Gasteiger partial charge on any atom is 0.220 e. The third-order valence-corrected chi connectivity index (χ3v) is 5.62. The Morgan fingerprint density at radius 3 is 2.64 bits per heavy atom. The number of amides is 1. The number of nitrogens with one attached hydrogen (secondary N) is 1. The average Bonchev–Trinajstić information content (AvgIpc) is 3.21. The van der Waals surface area contributed by atoms with Gasteiger partial charge >= 0.3 is 0 Å². The van der Waals surface area contributed by atoms with Crippen LogP contribution in [-0.2, 0) is 24.2 Å². The van der Waals surface area contributed by atoms with Crippen molar-refractivity contribution < 1.29 is 4.79 Å². The van der Waals surface area contributed by atoms with Gasteiger partial charge in [-0.1, -0.05) is 13.3 Å². The van der Waals surface area contributed by atoms with E-state index in [0.29, 0.717) is 31.0 Å². The first-order valence-corrected chi connectivity index (χ1v) is 11.6. The summed E-state index contributed by atoms with van der Waals surface area (Å²) < 4.78 is 2.24. The fourth-order valence-corrected chi connectivity index (χ4v) is 3.93. The van der Waals surface area contributed by atoms with E-state index >= 15 is 0 Å². The van der Waals surface area contributed by atoms with E-state index in [4.69, 9.17) is 10.7 Å². The fraction of sp³-hybridized carbons (Fsp3) is 0.417. The summed E-state index contributed by atoms with van der Waals surface area (Å²) in [4.78, 5) is 34.3. The zero-order valence-electron chi connectivity index (χ0n) is 19.0. The number of hydrogen-bond donors (Lipinski definition) is 2. The SMILES string of the molecule is CCCCc1nc2c(N)nc3cccnc3c2n1CCCCNC(=O)CCc1ncccn1. The van der Waals surface area contributed by atoms with Crippen LogP contribution in [-0.4, -0.2) is 41.9 Å². The summed E-state index contributed by atoms with van der Waals surface area (Å²) in [6.45, 7) is 3.60. The van der Waals surface area contributed by atoms with Gasteiger partial charge < -0.3 is 15.6 Å². The summed E-state index contributed by atoms with van der Waals surface area (Å²) >= 11 is 0. The van der Waals surface area contributed by atoms with Crippen molar-refractivity contribution in [2.75, 3.05) is 12.3 Å². The molecular formula is C24H30N8O. The Labute approximate surface area is 192 Å². The molecule has 4 aromatic rings. The average molecular weight is 447 g/mol. The molecule has 9 nitrogen and oxygen atoms in total. The van der Waals surface area contributed by atoms with Gasteiger partial charge in [-0.25, -0.2) is 19.9 Å². The molecule has 33 heavy (non-hydrogen) atoms. The third-order valence-electron chi connectivity index (χ3n) is 5.62. The van der Waals surface area contributed by atoms with Crippen molar-refractivity contribution in [2.45, 2.75) is 58.4 Å². The number of unbranched alkanes of at least 4 members (excludes halogenated alkanes) is 2. The van der Waals surface area contributed by atoms with Gasteiger partial charge in [0.1, 0.15) is 28.2 Å². The normalized spacial score (nSPS) is 11.3. The van der Waals surface area contributed by atoms with E-state index in [2.05, 4.69) is 36.7 Å². The Bertz CT molecular complexity index is 1220. The van der Waals surface area contributed by atoms with E-state index in [0.717, 1.165) is 66.5 Å². The number of carbonyl (C=O) groups excluding carboxylic acids is 1. The Hall–Kier alpha value is -3.62. The number of anilines is 1. The van der Waals surface area contributed by atoms with Crippen molar-refractivity contribution >= 4 is 33.8 Å². The number of nitrogen functional groups attached to an aromatic ring is 1. The van der Waals surface area contributed by atoms with E-state index in [1.807, 2.05) is 12.1 Å². The lowest BCUT2D eigenvalue weighted by Gasteiger charge is -2.11.